The zero-order valence-corrected chi connectivity index (χ0v) is 28.6. The van der Waals surface area contributed by atoms with Gasteiger partial charge in [0.25, 0.3) is 0 Å². The number of hydrogen-bond donors (Lipinski definition) is 4. The third-order valence-corrected chi connectivity index (χ3v) is 11.2. The molecule has 5 nitrogen and oxygen atoms in total. The summed E-state index contributed by atoms with van der Waals surface area (Å²) in [7, 11) is 6.30. The van der Waals surface area contributed by atoms with Crippen molar-refractivity contribution in [3.8, 4) is 56.4 Å². The highest BCUT2D eigenvalue weighted by molar-refractivity contribution is 6.39. The number of phenolic OH excluding ortho intramolecular Hbond substituents is 4. The van der Waals surface area contributed by atoms with E-state index in [-0.39, 0.29) is 11.0 Å². The van der Waals surface area contributed by atoms with Gasteiger partial charge in [-0.25, -0.2) is 0 Å². The summed E-state index contributed by atoms with van der Waals surface area (Å²) in [4.78, 5) is 0. The van der Waals surface area contributed by atoms with Crippen LogP contribution in [-0.4, -0.2) is 28.3 Å². The van der Waals surface area contributed by atoms with Gasteiger partial charge in [-0.15, -0.1) is 0 Å². The maximum absolute atomic E-state index is 11.1. The van der Waals surface area contributed by atoms with Crippen LogP contribution in [0.1, 0.15) is 0 Å². The molecule has 0 aliphatic carbocycles. The monoisotopic (exact) mass is 694 g/mol. The average molecular weight is 695 g/mol. The van der Waals surface area contributed by atoms with E-state index in [9.17, 15) is 20.4 Å². The van der Waals surface area contributed by atoms with Gasteiger partial charge in [-0.2, -0.15) is 0 Å². The van der Waals surface area contributed by atoms with Gasteiger partial charge in [-0.3, -0.25) is 0 Å². The van der Waals surface area contributed by atoms with E-state index in [2.05, 4.69) is 103 Å². The summed E-state index contributed by atoms with van der Waals surface area (Å²) < 4.78 is 6.40. The van der Waals surface area contributed by atoms with Crippen molar-refractivity contribution >= 4 is 89.1 Å². The van der Waals surface area contributed by atoms with E-state index >= 15 is 0 Å². The summed E-state index contributed by atoms with van der Waals surface area (Å²) in [5.74, 6) is -3.11. The largest absolute Gasteiger partial charge is 0.505 e. The molecule has 4 N–H and O–H groups in total. The predicted octanol–water partition coefficient (Wildman–Crippen LogP) is 11.4. The zero-order chi connectivity index (χ0) is 36.4. The van der Waals surface area contributed by atoms with Crippen molar-refractivity contribution in [3.63, 3.8) is 0 Å². The number of aromatic hydroxyl groups is 4. The second-order valence-corrected chi connectivity index (χ2v) is 14.0. The van der Waals surface area contributed by atoms with E-state index in [1.807, 2.05) is 30.3 Å². The number of fused-ring (bicyclic) bond motifs is 6. The van der Waals surface area contributed by atoms with Crippen LogP contribution in [0.25, 0.3) is 109 Å². The Hall–Kier alpha value is -7.18. The fourth-order valence-electron chi connectivity index (χ4n) is 8.77. The lowest BCUT2D eigenvalue weighted by Gasteiger charge is -2.19. The molecule has 6 heteroatoms. The van der Waals surface area contributed by atoms with Gasteiger partial charge in [-0.1, -0.05) is 115 Å². The molecule has 1 aromatic heterocycles. The van der Waals surface area contributed by atoms with E-state index in [1.165, 1.54) is 32.5 Å². The Bertz CT molecular complexity index is 3370. The molecule has 0 aliphatic rings. The molecule has 10 aromatic carbocycles. The zero-order valence-electron chi connectivity index (χ0n) is 28.6. The number of furan rings is 1. The second-order valence-electron chi connectivity index (χ2n) is 14.0. The SMILES string of the molecule is [B]c1c(O)c(O)c(O)c(O)c1-c1cc(-c2ccc3ccc4c(-c5cc6ccccc6c6ccccc56)ccc5ccc2c3c54)c2c(c1)oc1ccccc12. The van der Waals surface area contributed by atoms with Gasteiger partial charge in [0.1, 0.15) is 19.0 Å². The summed E-state index contributed by atoms with van der Waals surface area (Å²) in [5, 5.41) is 55.8. The molecule has 11 aromatic rings. The topological polar surface area (TPSA) is 94.1 Å². The Morgan fingerprint density at radius 3 is 1.67 bits per heavy atom. The highest BCUT2D eigenvalue weighted by Crippen LogP contribution is 2.50. The molecule has 2 radical (unpaired) electrons. The first kappa shape index (κ1) is 30.5. The molecule has 0 unspecified atom stereocenters. The lowest BCUT2D eigenvalue weighted by Crippen LogP contribution is -2.08. The molecular weight excluding hydrogens is 667 g/mol. The molecule has 0 amide bonds. The summed E-state index contributed by atoms with van der Waals surface area (Å²) >= 11 is 0. The van der Waals surface area contributed by atoms with Gasteiger partial charge in [-0.05, 0) is 111 Å². The van der Waals surface area contributed by atoms with E-state index in [4.69, 9.17) is 12.3 Å². The molecular formula is C48H27BO5. The number of hydrogen-bond acceptors (Lipinski definition) is 5. The highest BCUT2D eigenvalue weighted by atomic mass is 16.3. The standard InChI is InChI=1S/C48H27BO5/c49-44-42(45(50)47(52)48(53)46(44)51)27-22-37(43-35-11-5-6-12-38(35)54-39(43)23-27)32-18-14-25-15-19-33-31(17-13-24-16-20-34(32)41(25)40(24)33)36-21-26-7-1-2-8-28(26)29-9-3-4-10-30(29)36/h1-23,50-53H. The lowest BCUT2D eigenvalue weighted by molar-refractivity contribution is 0.348. The van der Waals surface area contributed by atoms with Crippen molar-refractivity contribution in [1.29, 1.82) is 0 Å². The summed E-state index contributed by atoms with van der Waals surface area (Å²) in [6.45, 7) is 0. The van der Waals surface area contributed by atoms with Crippen molar-refractivity contribution in [3.05, 3.63) is 140 Å². The Morgan fingerprint density at radius 1 is 0.370 bits per heavy atom. The lowest BCUT2D eigenvalue weighted by atomic mass is 9.82. The van der Waals surface area contributed by atoms with Gasteiger partial charge in [0, 0.05) is 16.3 Å². The normalized spacial score (nSPS) is 12.1. The maximum Gasteiger partial charge on any atom is 0.204 e. The molecule has 0 aliphatic heterocycles. The van der Waals surface area contributed by atoms with Crippen LogP contribution >= 0.6 is 0 Å². The maximum atomic E-state index is 11.1. The molecule has 0 bridgehead atoms. The van der Waals surface area contributed by atoms with Crippen LogP contribution in [0.15, 0.2) is 144 Å². The first-order valence-electron chi connectivity index (χ1n) is 17.7. The quantitative estimate of drug-likeness (QED) is 0.0639. The third kappa shape index (κ3) is 4.05. The molecule has 252 valence electrons. The van der Waals surface area contributed by atoms with Crippen LogP contribution in [0.3, 0.4) is 0 Å². The van der Waals surface area contributed by atoms with Gasteiger partial charge in [0.15, 0.2) is 11.5 Å². The minimum Gasteiger partial charge on any atom is -0.505 e. The Labute approximate surface area is 308 Å². The van der Waals surface area contributed by atoms with Crippen molar-refractivity contribution in [2.75, 3.05) is 0 Å². The number of rotatable bonds is 3. The van der Waals surface area contributed by atoms with E-state index < -0.39 is 23.0 Å². The van der Waals surface area contributed by atoms with Crippen LogP contribution in [0.5, 0.6) is 23.0 Å². The van der Waals surface area contributed by atoms with Crippen LogP contribution in [0.4, 0.5) is 0 Å². The second kappa shape index (κ2) is 10.9. The highest BCUT2D eigenvalue weighted by Gasteiger charge is 2.25. The predicted molar refractivity (Wildman–Crippen MR) is 221 cm³/mol. The van der Waals surface area contributed by atoms with Crippen molar-refractivity contribution in [2.45, 2.75) is 0 Å². The Kier molecular flexibility index (Phi) is 6.16. The first-order chi connectivity index (χ1) is 26.4. The van der Waals surface area contributed by atoms with Crippen molar-refractivity contribution < 1.29 is 24.8 Å². The Balaban J connectivity index is 1.23. The first-order valence-corrected chi connectivity index (χ1v) is 17.7. The fourth-order valence-corrected chi connectivity index (χ4v) is 8.77. The summed E-state index contributed by atoms with van der Waals surface area (Å²) in [5.41, 5.74) is 5.42. The van der Waals surface area contributed by atoms with Gasteiger partial charge >= 0.3 is 0 Å². The molecule has 11 rings (SSSR count). The molecule has 0 fully saturated rings. The summed E-state index contributed by atoms with van der Waals surface area (Å²) in [6, 6.07) is 48.4. The van der Waals surface area contributed by atoms with Gasteiger partial charge in [0.05, 0.1) is 0 Å². The van der Waals surface area contributed by atoms with E-state index in [0.29, 0.717) is 16.7 Å². The molecule has 0 saturated carbocycles. The molecule has 54 heavy (non-hydrogen) atoms. The van der Waals surface area contributed by atoms with Crippen molar-refractivity contribution in [1.82, 2.24) is 0 Å². The van der Waals surface area contributed by atoms with E-state index in [0.717, 1.165) is 54.4 Å². The number of phenols is 4. The molecule has 0 saturated heterocycles. The Morgan fingerprint density at radius 2 is 0.944 bits per heavy atom. The summed E-state index contributed by atoms with van der Waals surface area (Å²) in [6.07, 6.45) is 0. The van der Waals surface area contributed by atoms with E-state index in [1.54, 1.807) is 6.07 Å². The van der Waals surface area contributed by atoms with Crippen LogP contribution in [0.2, 0.25) is 0 Å². The smallest absolute Gasteiger partial charge is 0.204 e. The molecule has 0 atom stereocenters. The van der Waals surface area contributed by atoms with Crippen LogP contribution in [0, 0.1) is 0 Å². The van der Waals surface area contributed by atoms with Crippen molar-refractivity contribution in [2.24, 2.45) is 0 Å². The molecule has 1 heterocycles. The number of benzene rings is 10. The third-order valence-electron chi connectivity index (χ3n) is 11.2. The van der Waals surface area contributed by atoms with Gasteiger partial charge < -0.3 is 24.8 Å². The number of para-hydroxylation sites is 1. The van der Waals surface area contributed by atoms with Gasteiger partial charge in [0.2, 0.25) is 11.5 Å². The average Bonchev–Trinajstić information content (AvgIpc) is 3.59. The molecule has 0 spiro atoms. The minimum atomic E-state index is -0.887. The van der Waals surface area contributed by atoms with Crippen LogP contribution < -0.4 is 5.46 Å². The minimum absolute atomic E-state index is 0.0172. The van der Waals surface area contributed by atoms with Crippen LogP contribution in [-0.2, 0) is 0 Å². The fraction of sp³-hybridized carbons (Fsp3) is 0.